The minimum absolute atomic E-state index is 0.000408. The van der Waals surface area contributed by atoms with Gasteiger partial charge < -0.3 is 69.6 Å². The van der Waals surface area contributed by atoms with E-state index in [1.54, 1.807) is 25.8 Å². The van der Waals surface area contributed by atoms with E-state index in [4.69, 9.17) is 33.6 Å². The van der Waals surface area contributed by atoms with Gasteiger partial charge in [0.05, 0.1) is 35.9 Å². The molecule has 0 bridgehead atoms. The molecule has 0 aliphatic carbocycles. The summed E-state index contributed by atoms with van der Waals surface area (Å²) in [5, 5.41) is 55.3. The fourth-order valence-electron chi connectivity index (χ4n) is 9.34. The molecular formula is C63H119FN4O13. The van der Waals surface area contributed by atoms with E-state index in [-0.39, 0.29) is 42.6 Å². The Balaban J connectivity index is -0.000000168. The van der Waals surface area contributed by atoms with Gasteiger partial charge in [-0.1, -0.05) is 100 Å². The van der Waals surface area contributed by atoms with E-state index in [1.807, 2.05) is 135 Å². The van der Waals surface area contributed by atoms with Crippen LogP contribution in [-0.4, -0.2) is 176 Å². The van der Waals surface area contributed by atoms with Crippen LogP contribution in [0.5, 0.6) is 0 Å². The van der Waals surface area contributed by atoms with Crippen molar-refractivity contribution in [3.8, 4) is 38.5 Å². The zero-order chi connectivity index (χ0) is 65.7. The first-order chi connectivity index (χ1) is 38.5. The Morgan fingerprint density at radius 1 is 0.802 bits per heavy atom. The smallest absolute Gasteiger partial charge is 0.311 e. The molecule has 0 aromatic heterocycles. The van der Waals surface area contributed by atoms with Crippen molar-refractivity contribution in [2.24, 2.45) is 23.7 Å². The predicted octanol–water partition coefficient (Wildman–Crippen LogP) is 8.23. The van der Waals surface area contributed by atoms with Crippen LogP contribution in [0.4, 0.5) is 4.39 Å². The molecule has 7 N–H and O–H groups in total. The number of ether oxygens (including phenoxy) is 4. The van der Waals surface area contributed by atoms with Crippen LogP contribution < -0.4 is 10.6 Å². The number of nitrogens with one attached hydrogen (secondary N) is 2. The Morgan fingerprint density at radius 2 is 1.28 bits per heavy atom. The molecule has 14 atom stereocenters. The molecule has 476 valence electrons. The Labute approximate surface area is 493 Å². The van der Waals surface area contributed by atoms with Gasteiger partial charge in [0.1, 0.15) is 38.7 Å². The maximum Gasteiger partial charge on any atom is 0.311 e. The standard InChI is InChI=1S/C25H47NO7.C21H34FN3O3.4C2H6.3C2H2.CH4O.2CH2O/c1-15-9-18(4)32-20(10-15)33-21-17(3)12-24(6,29)11-16(2)13-26(8)23(28)25(7,30)14-31-22(27)19(21)5;1-15-10-19(12-21(27)28-15)25(3)9-8-20(26)24-18(13-22)11-16-4-6-17(7-5-16)14-23-2;10*1-2/h15-21,23,28-30H,9-14H2,1-8H3;4-7,15,18-19,21,23,27H,8-14H2,1-3H3,(H,24,26);4*1-2H3;3*1-2H;2H,1H3;2*1H2/t15-,16-,17-,18+,19-,20+,21+,23+,24-,25-;15-,18+,19+,21-;;;;;;;;;;/m11........../s1. The highest BCUT2D eigenvalue weighted by atomic mass is 19.1. The van der Waals surface area contributed by atoms with E-state index < -0.39 is 60.7 Å². The van der Waals surface area contributed by atoms with E-state index in [2.05, 4.69) is 61.0 Å². The lowest BCUT2D eigenvalue weighted by atomic mass is 9.80. The molecule has 1 amide bonds. The summed E-state index contributed by atoms with van der Waals surface area (Å²) in [6, 6.07) is 7.65. The molecule has 1 aromatic carbocycles. The van der Waals surface area contributed by atoms with Crippen LogP contribution in [0.2, 0.25) is 0 Å². The number of rotatable bonds is 12. The lowest BCUT2D eigenvalue weighted by Crippen LogP contribution is -2.54. The quantitative estimate of drug-likeness (QED) is 0.0771. The van der Waals surface area contributed by atoms with E-state index in [9.17, 15) is 34.4 Å². The number of nitrogens with zero attached hydrogens (tertiary/aromatic N) is 2. The summed E-state index contributed by atoms with van der Waals surface area (Å²) in [6.07, 6.45) is 26.0. The Hall–Kier alpha value is -4.33. The molecule has 3 saturated heterocycles. The highest BCUT2D eigenvalue weighted by Crippen LogP contribution is 2.34. The van der Waals surface area contributed by atoms with Gasteiger partial charge in [-0.25, -0.2) is 4.39 Å². The molecule has 3 fully saturated rings. The number of carbonyl (C=O) groups is 4. The zero-order valence-corrected chi connectivity index (χ0v) is 54.1. The molecule has 18 heteroatoms. The summed E-state index contributed by atoms with van der Waals surface area (Å²) in [7, 11) is 6.55. The number of esters is 1. The van der Waals surface area contributed by atoms with Crippen LogP contribution in [0.3, 0.4) is 0 Å². The second kappa shape index (κ2) is 58.9. The molecule has 0 spiro atoms. The maximum absolute atomic E-state index is 13.4. The largest absolute Gasteiger partial charge is 0.462 e. The minimum atomic E-state index is -1.64. The van der Waals surface area contributed by atoms with Crippen LogP contribution in [0.1, 0.15) is 167 Å². The fourth-order valence-corrected chi connectivity index (χ4v) is 9.34. The number of amides is 1. The Morgan fingerprint density at radius 3 is 1.74 bits per heavy atom. The molecule has 17 nitrogen and oxygen atoms in total. The lowest BCUT2D eigenvalue weighted by Gasteiger charge is -2.41. The van der Waals surface area contributed by atoms with Crippen LogP contribution in [0, 0.1) is 62.2 Å². The van der Waals surface area contributed by atoms with Gasteiger partial charge in [0.15, 0.2) is 12.6 Å². The van der Waals surface area contributed by atoms with Crippen LogP contribution >= 0.6 is 0 Å². The summed E-state index contributed by atoms with van der Waals surface area (Å²) < 4.78 is 36.6. The molecule has 0 radical (unpaired) electrons. The molecule has 1 aromatic rings. The summed E-state index contributed by atoms with van der Waals surface area (Å²) in [6.45, 7) is 36.0. The number of terminal acetylenes is 3. The Kier molecular flexibility index (Phi) is 67.6. The van der Waals surface area contributed by atoms with Crippen LogP contribution in [0.15, 0.2) is 24.3 Å². The highest BCUT2D eigenvalue weighted by Gasteiger charge is 2.42. The number of alkyl halides is 1. The highest BCUT2D eigenvalue weighted by molar-refractivity contribution is 5.76. The van der Waals surface area contributed by atoms with Gasteiger partial charge in [-0.15, -0.1) is 38.5 Å². The number of likely N-dealkylation sites (N-methyl/N-ethyl adjacent to an activating group) is 1. The third-order valence-corrected chi connectivity index (χ3v) is 12.3. The maximum atomic E-state index is 13.4. The number of benzene rings is 1. The van der Waals surface area contributed by atoms with E-state index >= 15 is 0 Å². The van der Waals surface area contributed by atoms with E-state index in [0.717, 1.165) is 38.5 Å². The fraction of sp³-hybridized carbons (Fsp3) is 0.746. The molecule has 0 unspecified atom stereocenters. The van der Waals surface area contributed by atoms with Gasteiger partial charge in [0, 0.05) is 52.0 Å². The van der Waals surface area contributed by atoms with E-state index in [0.29, 0.717) is 51.1 Å². The number of aliphatic hydroxyl groups excluding tert-OH is 3. The summed E-state index contributed by atoms with van der Waals surface area (Å²) >= 11 is 0. The molecular weight excluding hydrogens is 1040 g/mol. The summed E-state index contributed by atoms with van der Waals surface area (Å²) in [5.41, 5.74) is -0.459. The van der Waals surface area contributed by atoms with Crippen molar-refractivity contribution in [2.75, 3.05) is 54.6 Å². The zero-order valence-electron chi connectivity index (χ0n) is 54.1. The average molecular weight is 1160 g/mol. The topological polar surface area (TPSA) is 237 Å². The summed E-state index contributed by atoms with van der Waals surface area (Å²) in [5.74, 6) is -0.929. The Bertz CT molecular complexity index is 1600. The first-order valence-electron chi connectivity index (χ1n) is 28.5. The second-order valence-electron chi connectivity index (χ2n) is 19.3. The van der Waals surface area contributed by atoms with Crippen molar-refractivity contribution in [3.63, 3.8) is 0 Å². The normalized spacial score (nSPS) is 28.1. The van der Waals surface area contributed by atoms with Gasteiger partial charge in [0.25, 0.3) is 0 Å². The molecule has 3 aliphatic rings. The number of carbonyl (C=O) groups excluding carboxylic acids is 4. The molecule has 3 heterocycles. The molecule has 4 rings (SSSR count). The third-order valence-electron chi connectivity index (χ3n) is 12.3. The SMILES string of the molecule is C#C.C#C.C#C.C=O.C=O.CC.CC.CC.CC.CNCc1ccc(C[C@@H](CF)NC(=O)CCN(C)[C@H]2C[C@@H](C)O[C@@H](O)C2)cc1.CO.C[C@H]1C[C@H](O[C@H]2[C@H](C)C[C@](C)(O)C[C@@H](C)CN(C)[C@@H](O)[C@](C)(O)COC(=O)[C@@H]2C)O[C@@H](C)C1. The molecule has 81 heavy (non-hydrogen) atoms. The van der Waals surface area contributed by atoms with Crippen molar-refractivity contribution in [1.29, 1.82) is 0 Å². The van der Waals surface area contributed by atoms with Crippen molar-refractivity contribution >= 4 is 25.5 Å². The minimum Gasteiger partial charge on any atom is -0.462 e. The van der Waals surface area contributed by atoms with Crippen LogP contribution in [0.25, 0.3) is 0 Å². The van der Waals surface area contributed by atoms with Crippen molar-refractivity contribution in [3.05, 3.63) is 35.4 Å². The van der Waals surface area contributed by atoms with Gasteiger partial charge in [-0.05, 0) is 117 Å². The van der Waals surface area contributed by atoms with Gasteiger partial charge >= 0.3 is 5.97 Å². The number of hydrogen-bond donors (Lipinski definition) is 7. The van der Waals surface area contributed by atoms with Crippen molar-refractivity contribution in [2.45, 2.75) is 229 Å². The van der Waals surface area contributed by atoms with Gasteiger partial charge in [-0.3, -0.25) is 14.5 Å². The monoisotopic (exact) mass is 1160 g/mol. The van der Waals surface area contributed by atoms with E-state index in [1.165, 1.54) is 12.5 Å². The van der Waals surface area contributed by atoms with Crippen molar-refractivity contribution in [1.82, 2.24) is 20.4 Å². The number of halogens is 1. The predicted molar refractivity (Wildman–Crippen MR) is 330 cm³/mol. The number of hydrogen-bond acceptors (Lipinski definition) is 16. The first-order valence-corrected chi connectivity index (χ1v) is 28.5. The van der Waals surface area contributed by atoms with Crippen LogP contribution in [-0.2, 0) is 51.1 Å². The van der Waals surface area contributed by atoms with Crippen molar-refractivity contribution < 1.29 is 68.0 Å². The van der Waals surface area contributed by atoms with Gasteiger partial charge in [0.2, 0.25) is 5.91 Å². The first kappa shape index (κ1) is 93.1. The third kappa shape index (κ3) is 43.1. The lowest BCUT2D eigenvalue weighted by molar-refractivity contribution is -0.240. The van der Waals surface area contributed by atoms with Gasteiger partial charge in [-0.2, -0.15) is 0 Å². The summed E-state index contributed by atoms with van der Waals surface area (Å²) in [4.78, 5) is 45.0. The number of cyclic esters (lactones) is 1. The molecule has 0 saturated carbocycles. The second-order valence-corrected chi connectivity index (χ2v) is 19.3. The molecule has 3 aliphatic heterocycles. The average Bonchev–Trinajstić information content (AvgIpc) is 3.47. The number of aliphatic hydroxyl groups is 5.